The number of nitrogens with zero attached hydrogens (tertiary/aromatic N) is 2. The van der Waals surface area contributed by atoms with Crippen LogP contribution in [0.1, 0.15) is 0 Å². The lowest BCUT2D eigenvalue weighted by molar-refractivity contribution is -0.384. The van der Waals surface area contributed by atoms with E-state index in [1.807, 2.05) is 0 Å². The summed E-state index contributed by atoms with van der Waals surface area (Å²) in [5, 5.41) is 11.3. The van der Waals surface area contributed by atoms with Gasteiger partial charge in [-0.1, -0.05) is 18.2 Å². The molecule has 0 N–H and O–H groups in total. The second kappa shape index (κ2) is 5.41. The molecule has 21 heavy (non-hydrogen) atoms. The fourth-order valence-electron chi connectivity index (χ4n) is 2.10. The van der Waals surface area contributed by atoms with Crippen LogP contribution in [0.15, 0.2) is 54.7 Å². The molecule has 0 spiro atoms. The Balaban J connectivity index is 2.15. The third-order valence-electron chi connectivity index (χ3n) is 3.05. The van der Waals surface area contributed by atoms with Crippen LogP contribution in [0.3, 0.4) is 0 Å². The molecule has 0 aliphatic heterocycles. The minimum Gasteiger partial charge on any atom is -0.258 e. The number of hydrogen-bond donors (Lipinski definition) is 0. The highest BCUT2D eigenvalue weighted by Crippen LogP contribution is 2.35. The highest BCUT2D eigenvalue weighted by Gasteiger charge is 2.17. The molecule has 1 heterocycles. The van der Waals surface area contributed by atoms with Gasteiger partial charge in [0.2, 0.25) is 0 Å². The predicted molar refractivity (Wildman–Crippen MR) is 79.6 cm³/mol. The van der Waals surface area contributed by atoms with Crippen LogP contribution >= 0.6 is 11.5 Å². The number of halogens is 1. The molecule has 0 saturated carbocycles. The minimum atomic E-state index is -0.454. The SMILES string of the molecule is O=[N+]([O-])c1cc(-c2ccns2)ccc1-c1cccc(F)c1. The van der Waals surface area contributed by atoms with E-state index in [9.17, 15) is 14.5 Å². The summed E-state index contributed by atoms with van der Waals surface area (Å²) in [6.07, 6.45) is 1.65. The highest BCUT2D eigenvalue weighted by molar-refractivity contribution is 7.09. The van der Waals surface area contributed by atoms with Gasteiger partial charge in [-0.2, -0.15) is 0 Å². The monoisotopic (exact) mass is 300 g/mol. The largest absolute Gasteiger partial charge is 0.277 e. The number of aromatic nitrogens is 1. The zero-order valence-corrected chi connectivity index (χ0v) is 11.5. The Morgan fingerprint density at radius 1 is 1.10 bits per heavy atom. The summed E-state index contributed by atoms with van der Waals surface area (Å²) in [5.74, 6) is -0.423. The number of benzene rings is 2. The molecule has 0 radical (unpaired) electrons. The van der Waals surface area contributed by atoms with Gasteiger partial charge in [-0.25, -0.2) is 8.76 Å². The van der Waals surface area contributed by atoms with E-state index < -0.39 is 10.7 Å². The zero-order valence-electron chi connectivity index (χ0n) is 10.7. The summed E-state index contributed by atoms with van der Waals surface area (Å²) in [6.45, 7) is 0. The Bertz CT molecular complexity index is 803. The van der Waals surface area contributed by atoms with Gasteiger partial charge < -0.3 is 0 Å². The average molecular weight is 300 g/mol. The topological polar surface area (TPSA) is 56.0 Å². The number of hydrogen-bond acceptors (Lipinski definition) is 4. The molecular weight excluding hydrogens is 291 g/mol. The maximum absolute atomic E-state index is 13.3. The summed E-state index contributed by atoms with van der Waals surface area (Å²) in [7, 11) is 0. The second-order valence-electron chi connectivity index (χ2n) is 4.38. The summed E-state index contributed by atoms with van der Waals surface area (Å²) in [4.78, 5) is 11.7. The van der Waals surface area contributed by atoms with Crippen LogP contribution in [-0.2, 0) is 0 Å². The lowest BCUT2D eigenvalue weighted by Gasteiger charge is -2.05. The molecule has 3 aromatic rings. The van der Waals surface area contributed by atoms with E-state index in [-0.39, 0.29) is 5.69 Å². The van der Waals surface area contributed by atoms with Crippen LogP contribution < -0.4 is 0 Å². The molecule has 4 nitrogen and oxygen atoms in total. The Hall–Kier alpha value is -2.60. The summed E-state index contributed by atoms with van der Waals surface area (Å²) >= 11 is 1.27. The van der Waals surface area contributed by atoms with E-state index in [4.69, 9.17) is 0 Å². The van der Waals surface area contributed by atoms with Crippen molar-refractivity contribution in [2.24, 2.45) is 0 Å². The fourth-order valence-corrected chi connectivity index (χ4v) is 2.69. The molecule has 0 bridgehead atoms. The lowest BCUT2D eigenvalue weighted by Crippen LogP contribution is -1.93. The highest BCUT2D eigenvalue weighted by atomic mass is 32.1. The average Bonchev–Trinajstić information content (AvgIpc) is 3.01. The van der Waals surface area contributed by atoms with Gasteiger partial charge in [0.15, 0.2) is 0 Å². The van der Waals surface area contributed by atoms with Gasteiger partial charge in [-0.15, -0.1) is 0 Å². The third-order valence-corrected chi connectivity index (χ3v) is 3.85. The molecule has 1 aromatic heterocycles. The Kier molecular flexibility index (Phi) is 3.45. The van der Waals surface area contributed by atoms with Crippen molar-refractivity contribution in [1.82, 2.24) is 4.37 Å². The molecule has 2 aromatic carbocycles. The normalized spacial score (nSPS) is 10.5. The van der Waals surface area contributed by atoms with Crippen molar-refractivity contribution in [3.8, 4) is 21.6 Å². The molecule has 0 aliphatic carbocycles. The quantitative estimate of drug-likeness (QED) is 0.527. The number of nitro groups is 1. The van der Waals surface area contributed by atoms with E-state index in [1.54, 1.807) is 30.5 Å². The van der Waals surface area contributed by atoms with Gasteiger partial charge >= 0.3 is 0 Å². The van der Waals surface area contributed by atoms with Crippen LogP contribution in [0.2, 0.25) is 0 Å². The Morgan fingerprint density at radius 2 is 1.95 bits per heavy atom. The van der Waals surface area contributed by atoms with E-state index in [0.717, 1.165) is 10.4 Å². The van der Waals surface area contributed by atoms with Gasteiger partial charge in [-0.05, 0) is 41.4 Å². The molecule has 3 rings (SSSR count). The molecular formula is C15H9FN2O2S. The maximum atomic E-state index is 13.3. The smallest absolute Gasteiger partial charge is 0.258 e. The molecule has 6 heteroatoms. The summed E-state index contributed by atoms with van der Waals surface area (Å²) in [6, 6.07) is 12.5. The van der Waals surface area contributed by atoms with Gasteiger partial charge in [0.25, 0.3) is 5.69 Å². The Morgan fingerprint density at radius 3 is 2.62 bits per heavy atom. The van der Waals surface area contributed by atoms with E-state index >= 15 is 0 Å². The molecule has 0 aliphatic rings. The summed E-state index contributed by atoms with van der Waals surface area (Å²) in [5.41, 5.74) is 1.56. The predicted octanol–water partition coefficient (Wildman–Crippen LogP) is 4.52. The third kappa shape index (κ3) is 2.66. The molecule has 104 valence electrons. The van der Waals surface area contributed by atoms with Crippen LogP contribution in [0.5, 0.6) is 0 Å². The first-order valence-corrected chi connectivity index (χ1v) is 6.88. The number of nitro benzene ring substituents is 1. The fraction of sp³-hybridized carbons (Fsp3) is 0. The van der Waals surface area contributed by atoms with Crippen molar-refractivity contribution in [2.45, 2.75) is 0 Å². The van der Waals surface area contributed by atoms with Crippen LogP contribution in [0.25, 0.3) is 21.6 Å². The first-order valence-electron chi connectivity index (χ1n) is 6.10. The molecule has 0 fully saturated rings. The van der Waals surface area contributed by atoms with Crippen molar-refractivity contribution < 1.29 is 9.31 Å². The van der Waals surface area contributed by atoms with Crippen LogP contribution in [0, 0.1) is 15.9 Å². The van der Waals surface area contributed by atoms with Crippen molar-refractivity contribution in [3.05, 3.63) is 70.7 Å². The van der Waals surface area contributed by atoms with Crippen LogP contribution in [-0.4, -0.2) is 9.30 Å². The first-order chi connectivity index (χ1) is 10.1. The van der Waals surface area contributed by atoms with Gasteiger partial charge in [0.1, 0.15) is 5.82 Å². The lowest BCUT2D eigenvalue weighted by atomic mass is 10.0. The van der Waals surface area contributed by atoms with Crippen molar-refractivity contribution in [1.29, 1.82) is 0 Å². The summed E-state index contributed by atoms with van der Waals surface area (Å²) < 4.78 is 17.3. The molecule has 0 amide bonds. The van der Waals surface area contributed by atoms with E-state index in [2.05, 4.69) is 4.37 Å². The van der Waals surface area contributed by atoms with E-state index in [1.165, 1.54) is 35.8 Å². The standard InChI is InChI=1S/C15H9FN2O2S/c16-12-3-1-2-10(8-12)13-5-4-11(9-14(13)18(19)20)15-6-7-17-21-15/h1-9H. The molecule has 0 atom stereocenters. The van der Waals surface area contributed by atoms with Gasteiger partial charge in [-0.3, -0.25) is 10.1 Å². The van der Waals surface area contributed by atoms with Crippen LogP contribution in [0.4, 0.5) is 10.1 Å². The number of rotatable bonds is 3. The van der Waals surface area contributed by atoms with Crippen molar-refractivity contribution >= 4 is 17.2 Å². The van der Waals surface area contributed by atoms with Crippen molar-refractivity contribution in [2.75, 3.05) is 0 Å². The van der Waals surface area contributed by atoms with Crippen molar-refractivity contribution in [3.63, 3.8) is 0 Å². The van der Waals surface area contributed by atoms with Gasteiger partial charge in [0, 0.05) is 17.8 Å². The minimum absolute atomic E-state index is 0.0495. The maximum Gasteiger partial charge on any atom is 0.277 e. The molecule has 0 saturated heterocycles. The van der Waals surface area contributed by atoms with E-state index in [0.29, 0.717) is 11.1 Å². The zero-order chi connectivity index (χ0) is 14.8. The Labute approximate surface area is 123 Å². The first kappa shape index (κ1) is 13.4. The van der Waals surface area contributed by atoms with Gasteiger partial charge in [0.05, 0.1) is 15.4 Å². The second-order valence-corrected chi connectivity index (χ2v) is 5.21. The molecule has 0 unspecified atom stereocenters.